The molecule has 1 unspecified atom stereocenters. The molecule has 1 aromatic carbocycles. The van der Waals surface area contributed by atoms with Gasteiger partial charge in [-0.05, 0) is 49.4 Å². The van der Waals surface area contributed by atoms with Gasteiger partial charge in [0, 0.05) is 24.5 Å². The summed E-state index contributed by atoms with van der Waals surface area (Å²) >= 11 is 0. The molecule has 2 heterocycles. The Labute approximate surface area is 107 Å². The molecule has 0 spiro atoms. The van der Waals surface area contributed by atoms with Crippen molar-refractivity contribution < 1.29 is 9.53 Å². The number of fused-ring (bicyclic) bond motifs is 1. The molecule has 0 aliphatic carbocycles. The van der Waals surface area contributed by atoms with Crippen LogP contribution in [-0.2, 0) is 16.0 Å². The molecule has 3 rings (SSSR count). The smallest absolute Gasteiger partial charge is 0.253 e. The zero-order valence-electron chi connectivity index (χ0n) is 10.4. The zero-order chi connectivity index (χ0) is 12.4. The average Bonchev–Trinajstić information content (AvgIpc) is 2.87. The minimum atomic E-state index is -0.273. The summed E-state index contributed by atoms with van der Waals surface area (Å²) in [4.78, 5) is 12.0. The number of anilines is 2. The second-order valence-corrected chi connectivity index (χ2v) is 4.89. The molecule has 1 amide bonds. The topological polar surface area (TPSA) is 50.4 Å². The van der Waals surface area contributed by atoms with E-state index in [0.717, 1.165) is 37.9 Å². The first-order chi connectivity index (χ1) is 8.83. The minimum absolute atomic E-state index is 0.0133. The van der Waals surface area contributed by atoms with Crippen molar-refractivity contribution in [2.75, 3.05) is 23.8 Å². The maximum atomic E-state index is 12.0. The Bertz CT molecular complexity index is 453. The second kappa shape index (κ2) is 4.98. The lowest BCUT2D eigenvalue weighted by molar-refractivity contribution is -0.129. The van der Waals surface area contributed by atoms with Crippen LogP contribution in [0.25, 0.3) is 0 Å². The van der Waals surface area contributed by atoms with E-state index in [-0.39, 0.29) is 12.0 Å². The van der Waals surface area contributed by atoms with Gasteiger partial charge in [0.2, 0.25) is 0 Å². The number of benzene rings is 1. The molecular formula is C14H18N2O2. The van der Waals surface area contributed by atoms with E-state index >= 15 is 0 Å². The quantitative estimate of drug-likeness (QED) is 0.840. The molecule has 2 N–H and O–H groups in total. The number of hydrogen-bond acceptors (Lipinski definition) is 3. The van der Waals surface area contributed by atoms with E-state index in [4.69, 9.17) is 4.74 Å². The fourth-order valence-electron chi connectivity index (χ4n) is 2.55. The molecule has 0 aromatic heterocycles. The molecule has 1 saturated heterocycles. The van der Waals surface area contributed by atoms with Gasteiger partial charge in [-0.1, -0.05) is 0 Å². The van der Waals surface area contributed by atoms with Crippen molar-refractivity contribution >= 4 is 17.3 Å². The maximum absolute atomic E-state index is 12.0. The SMILES string of the molecule is O=C(Nc1ccc2c(c1)CCN2)C1CCCCO1. The van der Waals surface area contributed by atoms with Crippen LogP contribution < -0.4 is 10.6 Å². The summed E-state index contributed by atoms with van der Waals surface area (Å²) in [5, 5.41) is 6.26. The summed E-state index contributed by atoms with van der Waals surface area (Å²) in [5.74, 6) is -0.0133. The number of nitrogens with one attached hydrogen (secondary N) is 2. The molecule has 0 radical (unpaired) electrons. The normalized spacial score (nSPS) is 22.1. The van der Waals surface area contributed by atoms with Crippen molar-refractivity contribution in [3.63, 3.8) is 0 Å². The highest BCUT2D eigenvalue weighted by atomic mass is 16.5. The van der Waals surface area contributed by atoms with Gasteiger partial charge >= 0.3 is 0 Å². The molecule has 4 heteroatoms. The Hall–Kier alpha value is -1.55. The highest BCUT2D eigenvalue weighted by Gasteiger charge is 2.22. The summed E-state index contributed by atoms with van der Waals surface area (Å²) in [6.45, 7) is 1.69. The number of ether oxygens (including phenoxy) is 1. The van der Waals surface area contributed by atoms with E-state index in [9.17, 15) is 4.79 Å². The van der Waals surface area contributed by atoms with Crippen LogP contribution >= 0.6 is 0 Å². The van der Waals surface area contributed by atoms with Gasteiger partial charge in [-0.3, -0.25) is 4.79 Å². The Kier molecular flexibility index (Phi) is 3.19. The standard InChI is InChI=1S/C14H18N2O2/c17-14(13-3-1-2-8-18-13)16-11-4-5-12-10(9-11)6-7-15-12/h4-5,9,13,15H,1-3,6-8H2,(H,16,17). The summed E-state index contributed by atoms with van der Waals surface area (Å²) in [6, 6.07) is 6.02. The first-order valence-corrected chi connectivity index (χ1v) is 6.62. The van der Waals surface area contributed by atoms with Crippen LogP contribution in [0.3, 0.4) is 0 Å². The van der Waals surface area contributed by atoms with Crippen LogP contribution in [0.1, 0.15) is 24.8 Å². The van der Waals surface area contributed by atoms with Gasteiger partial charge in [0.15, 0.2) is 0 Å². The maximum Gasteiger partial charge on any atom is 0.253 e. The van der Waals surface area contributed by atoms with Gasteiger partial charge in [0.25, 0.3) is 5.91 Å². The fraction of sp³-hybridized carbons (Fsp3) is 0.500. The number of hydrogen-bond donors (Lipinski definition) is 2. The first-order valence-electron chi connectivity index (χ1n) is 6.62. The number of rotatable bonds is 2. The van der Waals surface area contributed by atoms with Gasteiger partial charge in [-0.25, -0.2) is 0 Å². The van der Waals surface area contributed by atoms with Gasteiger partial charge in [-0.15, -0.1) is 0 Å². The molecule has 0 saturated carbocycles. The van der Waals surface area contributed by atoms with Gasteiger partial charge < -0.3 is 15.4 Å². The largest absolute Gasteiger partial charge is 0.384 e. The monoisotopic (exact) mass is 246 g/mol. The van der Waals surface area contributed by atoms with Crippen molar-refractivity contribution in [3.8, 4) is 0 Å². The van der Waals surface area contributed by atoms with Crippen LogP contribution in [0.15, 0.2) is 18.2 Å². The summed E-state index contributed by atoms with van der Waals surface area (Å²) in [5.41, 5.74) is 3.33. The van der Waals surface area contributed by atoms with E-state index in [1.807, 2.05) is 12.1 Å². The Morgan fingerprint density at radius 1 is 1.39 bits per heavy atom. The number of amides is 1. The Morgan fingerprint density at radius 2 is 2.33 bits per heavy atom. The Morgan fingerprint density at radius 3 is 3.17 bits per heavy atom. The summed E-state index contributed by atoms with van der Waals surface area (Å²) in [6.07, 6.45) is 3.72. The molecular weight excluding hydrogens is 228 g/mol. The number of carbonyl (C=O) groups is 1. The van der Waals surface area contributed by atoms with Crippen molar-refractivity contribution in [3.05, 3.63) is 23.8 Å². The highest BCUT2D eigenvalue weighted by Crippen LogP contribution is 2.25. The summed E-state index contributed by atoms with van der Waals surface area (Å²) in [7, 11) is 0. The van der Waals surface area contributed by atoms with Gasteiger partial charge in [-0.2, -0.15) is 0 Å². The van der Waals surface area contributed by atoms with E-state index in [1.165, 1.54) is 11.3 Å². The van der Waals surface area contributed by atoms with Crippen molar-refractivity contribution in [2.24, 2.45) is 0 Å². The van der Waals surface area contributed by atoms with Crippen LogP contribution in [0.2, 0.25) is 0 Å². The second-order valence-electron chi connectivity index (χ2n) is 4.89. The first kappa shape index (κ1) is 11.5. The number of carbonyl (C=O) groups excluding carboxylic acids is 1. The molecule has 2 aliphatic rings. The van der Waals surface area contributed by atoms with Crippen molar-refractivity contribution in [1.82, 2.24) is 0 Å². The lowest BCUT2D eigenvalue weighted by atomic mass is 10.1. The van der Waals surface area contributed by atoms with Gasteiger partial charge in [0.1, 0.15) is 6.10 Å². The predicted molar refractivity (Wildman–Crippen MR) is 70.9 cm³/mol. The Balaban J connectivity index is 1.66. The molecule has 4 nitrogen and oxygen atoms in total. The third-order valence-corrected chi connectivity index (χ3v) is 3.55. The van der Waals surface area contributed by atoms with E-state index in [0.29, 0.717) is 6.61 Å². The van der Waals surface area contributed by atoms with Crippen molar-refractivity contribution in [2.45, 2.75) is 31.8 Å². The van der Waals surface area contributed by atoms with Gasteiger partial charge in [0.05, 0.1) is 0 Å². The van der Waals surface area contributed by atoms with E-state index in [2.05, 4.69) is 16.7 Å². The highest BCUT2D eigenvalue weighted by molar-refractivity contribution is 5.94. The van der Waals surface area contributed by atoms with E-state index in [1.54, 1.807) is 0 Å². The van der Waals surface area contributed by atoms with Crippen LogP contribution in [0.5, 0.6) is 0 Å². The molecule has 1 aromatic rings. The molecule has 1 atom stereocenters. The third kappa shape index (κ3) is 2.34. The molecule has 18 heavy (non-hydrogen) atoms. The molecule has 1 fully saturated rings. The van der Waals surface area contributed by atoms with Crippen LogP contribution in [0, 0.1) is 0 Å². The molecule has 0 bridgehead atoms. The zero-order valence-corrected chi connectivity index (χ0v) is 10.4. The van der Waals surface area contributed by atoms with Crippen molar-refractivity contribution in [1.29, 1.82) is 0 Å². The van der Waals surface area contributed by atoms with Crippen LogP contribution in [0.4, 0.5) is 11.4 Å². The average molecular weight is 246 g/mol. The fourth-order valence-corrected chi connectivity index (χ4v) is 2.55. The summed E-state index contributed by atoms with van der Waals surface area (Å²) < 4.78 is 5.48. The van der Waals surface area contributed by atoms with Crippen LogP contribution in [-0.4, -0.2) is 25.2 Å². The van der Waals surface area contributed by atoms with E-state index < -0.39 is 0 Å². The lowest BCUT2D eigenvalue weighted by Crippen LogP contribution is -2.33. The minimum Gasteiger partial charge on any atom is -0.384 e. The molecule has 96 valence electrons. The lowest BCUT2D eigenvalue weighted by Gasteiger charge is -2.21. The molecule has 2 aliphatic heterocycles. The third-order valence-electron chi connectivity index (χ3n) is 3.55. The predicted octanol–water partition coefficient (Wildman–Crippen LogP) is 2.16.